The van der Waals surface area contributed by atoms with Crippen molar-refractivity contribution in [3.63, 3.8) is 0 Å². The quantitative estimate of drug-likeness (QED) is 0.609. The van der Waals surface area contributed by atoms with Gasteiger partial charge in [-0.05, 0) is 24.0 Å². The number of hydrogen-bond donors (Lipinski definition) is 0. The highest BCUT2D eigenvalue weighted by Gasteiger charge is 2.02. The van der Waals surface area contributed by atoms with Gasteiger partial charge in [0.05, 0.1) is 0 Å². The SMILES string of the molecule is CC(C)[CH]c1ccccc1F. The highest BCUT2D eigenvalue weighted by Crippen LogP contribution is 2.13. The van der Waals surface area contributed by atoms with Gasteiger partial charge in [-0.1, -0.05) is 32.0 Å². The van der Waals surface area contributed by atoms with Gasteiger partial charge in [-0.15, -0.1) is 0 Å². The van der Waals surface area contributed by atoms with E-state index in [2.05, 4.69) is 0 Å². The van der Waals surface area contributed by atoms with Gasteiger partial charge in [0.1, 0.15) is 5.82 Å². The Labute approximate surface area is 67.1 Å². The third kappa shape index (κ3) is 2.34. The third-order valence-corrected chi connectivity index (χ3v) is 1.42. The van der Waals surface area contributed by atoms with E-state index in [9.17, 15) is 4.39 Å². The fourth-order valence-electron chi connectivity index (χ4n) is 0.969. The molecule has 1 aromatic rings. The minimum atomic E-state index is -0.138. The molecule has 0 aliphatic rings. The molecule has 0 aromatic heterocycles. The monoisotopic (exact) mass is 151 g/mol. The lowest BCUT2D eigenvalue weighted by Crippen LogP contribution is -1.93. The van der Waals surface area contributed by atoms with E-state index in [1.165, 1.54) is 6.07 Å². The van der Waals surface area contributed by atoms with Crippen LogP contribution in [-0.4, -0.2) is 0 Å². The zero-order chi connectivity index (χ0) is 8.27. The normalized spacial score (nSPS) is 10.5. The molecule has 0 nitrogen and oxygen atoms in total. The Morgan fingerprint density at radius 2 is 1.91 bits per heavy atom. The Bertz CT molecular complexity index is 228. The van der Waals surface area contributed by atoms with Crippen molar-refractivity contribution < 1.29 is 4.39 Å². The summed E-state index contributed by atoms with van der Waals surface area (Å²) < 4.78 is 12.9. The molecule has 0 N–H and O–H groups in total. The summed E-state index contributed by atoms with van der Waals surface area (Å²) in [4.78, 5) is 0. The van der Waals surface area contributed by atoms with Crippen molar-refractivity contribution >= 4 is 0 Å². The Morgan fingerprint density at radius 1 is 1.27 bits per heavy atom. The fourth-order valence-corrected chi connectivity index (χ4v) is 0.969. The van der Waals surface area contributed by atoms with E-state index in [0.29, 0.717) is 11.5 Å². The molecule has 1 radical (unpaired) electrons. The standard InChI is InChI=1S/C10H12F/c1-8(2)7-9-5-3-4-6-10(9)11/h3-8H,1-2H3. The first kappa shape index (κ1) is 8.25. The number of hydrogen-bond acceptors (Lipinski definition) is 0. The fraction of sp³-hybridized carbons (Fsp3) is 0.300. The Morgan fingerprint density at radius 3 is 2.45 bits per heavy atom. The maximum Gasteiger partial charge on any atom is 0.126 e. The molecular formula is C10H12F. The second-order valence-corrected chi connectivity index (χ2v) is 2.93. The molecule has 0 spiro atoms. The van der Waals surface area contributed by atoms with Crippen LogP contribution >= 0.6 is 0 Å². The molecule has 0 heterocycles. The zero-order valence-electron chi connectivity index (χ0n) is 6.84. The van der Waals surface area contributed by atoms with Crippen LogP contribution in [0.15, 0.2) is 24.3 Å². The van der Waals surface area contributed by atoms with Gasteiger partial charge in [0.25, 0.3) is 0 Å². The van der Waals surface area contributed by atoms with E-state index >= 15 is 0 Å². The smallest absolute Gasteiger partial charge is 0.126 e. The van der Waals surface area contributed by atoms with Crippen molar-refractivity contribution in [2.75, 3.05) is 0 Å². The van der Waals surface area contributed by atoms with E-state index in [0.717, 1.165) is 0 Å². The molecule has 0 aliphatic carbocycles. The van der Waals surface area contributed by atoms with E-state index < -0.39 is 0 Å². The van der Waals surface area contributed by atoms with Gasteiger partial charge in [0, 0.05) is 0 Å². The maximum absolute atomic E-state index is 12.9. The lowest BCUT2D eigenvalue weighted by molar-refractivity contribution is 0.612. The van der Waals surface area contributed by atoms with Crippen LogP contribution in [0.25, 0.3) is 0 Å². The Balaban J connectivity index is 2.78. The van der Waals surface area contributed by atoms with Crippen molar-refractivity contribution in [3.05, 3.63) is 42.1 Å². The summed E-state index contributed by atoms with van der Waals surface area (Å²) in [5, 5.41) is 0. The molecule has 0 saturated heterocycles. The predicted molar refractivity (Wildman–Crippen MR) is 44.6 cm³/mol. The van der Waals surface area contributed by atoms with Crippen molar-refractivity contribution in [3.8, 4) is 0 Å². The topological polar surface area (TPSA) is 0 Å². The van der Waals surface area contributed by atoms with Crippen LogP contribution in [0, 0.1) is 18.2 Å². The van der Waals surface area contributed by atoms with Crippen LogP contribution in [0.3, 0.4) is 0 Å². The minimum absolute atomic E-state index is 0.138. The summed E-state index contributed by atoms with van der Waals surface area (Å²) in [5.41, 5.74) is 0.697. The van der Waals surface area contributed by atoms with Crippen molar-refractivity contribution in [2.24, 2.45) is 5.92 Å². The van der Waals surface area contributed by atoms with E-state index in [4.69, 9.17) is 0 Å². The summed E-state index contributed by atoms with van der Waals surface area (Å²) in [6.45, 7) is 4.07. The van der Waals surface area contributed by atoms with Crippen molar-refractivity contribution in [1.82, 2.24) is 0 Å². The van der Waals surface area contributed by atoms with Crippen molar-refractivity contribution in [1.29, 1.82) is 0 Å². The van der Waals surface area contributed by atoms with Gasteiger partial charge >= 0.3 is 0 Å². The average Bonchev–Trinajstić information content (AvgIpc) is 1.93. The van der Waals surface area contributed by atoms with E-state index in [-0.39, 0.29) is 5.82 Å². The second-order valence-electron chi connectivity index (χ2n) is 2.93. The molecule has 1 aromatic carbocycles. The molecule has 0 bridgehead atoms. The molecule has 1 heteroatoms. The maximum atomic E-state index is 12.9. The highest BCUT2D eigenvalue weighted by atomic mass is 19.1. The summed E-state index contributed by atoms with van der Waals surface area (Å²) in [7, 11) is 0. The first-order valence-electron chi connectivity index (χ1n) is 3.79. The lowest BCUT2D eigenvalue weighted by Gasteiger charge is -2.04. The summed E-state index contributed by atoms with van der Waals surface area (Å²) in [6, 6.07) is 6.81. The van der Waals surface area contributed by atoms with Gasteiger partial charge in [-0.25, -0.2) is 4.39 Å². The second kappa shape index (κ2) is 3.51. The Hall–Kier alpha value is -0.850. The molecule has 0 saturated carbocycles. The van der Waals surface area contributed by atoms with E-state index in [1.54, 1.807) is 12.1 Å². The van der Waals surface area contributed by atoms with Crippen LogP contribution in [0.1, 0.15) is 19.4 Å². The molecular weight excluding hydrogens is 139 g/mol. The largest absolute Gasteiger partial charge is 0.207 e. The minimum Gasteiger partial charge on any atom is -0.207 e. The number of rotatable bonds is 2. The molecule has 1 rings (SSSR count). The van der Waals surface area contributed by atoms with Gasteiger partial charge in [-0.3, -0.25) is 0 Å². The number of benzene rings is 1. The lowest BCUT2D eigenvalue weighted by atomic mass is 10.0. The van der Waals surface area contributed by atoms with Crippen LogP contribution in [-0.2, 0) is 0 Å². The van der Waals surface area contributed by atoms with Crippen LogP contribution < -0.4 is 0 Å². The summed E-state index contributed by atoms with van der Waals surface area (Å²) >= 11 is 0. The first-order valence-corrected chi connectivity index (χ1v) is 3.79. The van der Waals surface area contributed by atoms with Gasteiger partial charge < -0.3 is 0 Å². The first-order chi connectivity index (χ1) is 5.20. The highest BCUT2D eigenvalue weighted by molar-refractivity contribution is 5.24. The molecule has 0 aliphatic heterocycles. The molecule has 0 amide bonds. The van der Waals surface area contributed by atoms with Gasteiger partial charge in [0.15, 0.2) is 0 Å². The predicted octanol–water partition coefficient (Wildman–Crippen LogP) is 3.03. The molecule has 59 valence electrons. The number of halogens is 1. The van der Waals surface area contributed by atoms with Crippen LogP contribution in [0.2, 0.25) is 0 Å². The molecule has 0 unspecified atom stereocenters. The zero-order valence-corrected chi connectivity index (χ0v) is 6.84. The third-order valence-electron chi connectivity index (χ3n) is 1.42. The van der Waals surface area contributed by atoms with Crippen molar-refractivity contribution in [2.45, 2.75) is 13.8 Å². The summed E-state index contributed by atoms with van der Waals surface area (Å²) in [5.74, 6) is 0.258. The molecule has 11 heavy (non-hydrogen) atoms. The van der Waals surface area contributed by atoms with Crippen LogP contribution in [0.4, 0.5) is 4.39 Å². The van der Waals surface area contributed by atoms with E-state index in [1.807, 2.05) is 26.3 Å². The molecule has 0 atom stereocenters. The van der Waals surface area contributed by atoms with Gasteiger partial charge in [-0.2, -0.15) is 0 Å². The Kier molecular flexibility index (Phi) is 2.64. The van der Waals surface area contributed by atoms with Crippen LogP contribution in [0.5, 0.6) is 0 Å². The average molecular weight is 151 g/mol. The van der Waals surface area contributed by atoms with Gasteiger partial charge in [0.2, 0.25) is 0 Å². The summed E-state index contributed by atoms with van der Waals surface area (Å²) in [6.07, 6.45) is 1.91. The molecule has 0 fully saturated rings.